The molecular weight excluding hydrogens is 214 g/mol. The molecule has 1 aromatic heterocycles. The lowest BCUT2D eigenvalue weighted by Crippen LogP contribution is -2.34. The number of benzene rings is 1. The van der Waals surface area contributed by atoms with Crippen LogP contribution in [0.1, 0.15) is 16.1 Å². The van der Waals surface area contributed by atoms with E-state index in [4.69, 9.17) is 5.73 Å². The first-order chi connectivity index (χ1) is 8.18. The predicted octanol–water partition coefficient (Wildman–Crippen LogP) is 1.17. The van der Waals surface area contributed by atoms with E-state index in [0.717, 1.165) is 5.56 Å². The summed E-state index contributed by atoms with van der Waals surface area (Å²) in [6.45, 7) is 0. The van der Waals surface area contributed by atoms with Gasteiger partial charge in [0.1, 0.15) is 5.69 Å². The van der Waals surface area contributed by atoms with Crippen molar-refractivity contribution in [3.63, 3.8) is 0 Å². The van der Waals surface area contributed by atoms with E-state index < -0.39 is 6.04 Å². The summed E-state index contributed by atoms with van der Waals surface area (Å²) in [7, 11) is 1.74. The van der Waals surface area contributed by atoms with Crippen LogP contribution in [-0.2, 0) is 13.5 Å². The number of rotatable bonds is 4. The number of nitrogens with two attached hydrogens (primary N) is 1. The van der Waals surface area contributed by atoms with E-state index in [9.17, 15) is 4.79 Å². The topological polar surface area (TPSA) is 60.9 Å². The highest BCUT2D eigenvalue weighted by atomic mass is 16.1. The fourth-order valence-electron chi connectivity index (χ4n) is 1.77. The van der Waals surface area contributed by atoms with E-state index in [-0.39, 0.29) is 5.78 Å². The van der Waals surface area contributed by atoms with Gasteiger partial charge < -0.3 is 5.73 Å². The molecule has 0 saturated heterocycles. The quantitative estimate of drug-likeness (QED) is 0.801. The highest BCUT2D eigenvalue weighted by Gasteiger charge is 2.18. The number of carbonyl (C=O) groups excluding carboxylic acids is 1. The lowest BCUT2D eigenvalue weighted by Gasteiger charge is -2.10. The summed E-state index contributed by atoms with van der Waals surface area (Å²) in [6.07, 6.45) is 2.15. The van der Waals surface area contributed by atoms with Gasteiger partial charge in [-0.15, -0.1) is 0 Å². The number of nitrogens with zero attached hydrogens (tertiary/aromatic N) is 2. The molecule has 0 aliphatic rings. The fourth-order valence-corrected chi connectivity index (χ4v) is 1.77. The van der Waals surface area contributed by atoms with Gasteiger partial charge in [-0.3, -0.25) is 9.48 Å². The maximum Gasteiger partial charge on any atom is 0.197 e. The van der Waals surface area contributed by atoms with Crippen molar-refractivity contribution in [2.24, 2.45) is 12.8 Å². The average Bonchev–Trinajstić information content (AvgIpc) is 2.76. The van der Waals surface area contributed by atoms with E-state index in [1.54, 1.807) is 24.0 Å². The van der Waals surface area contributed by atoms with E-state index in [1.165, 1.54) is 0 Å². The van der Waals surface area contributed by atoms with Crippen LogP contribution in [0.3, 0.4) is 0 Å². The number of aromatic nitrogens is 2. The van der Waals surface area contributed by atoms with Gasteiger partial charge in [0, 0.05) is 13.2 Å². The molecule has 4 nitrogen and oxygen atoms in total. The first kappa shape index (κ1) is 11.5. The maximum absolute atomic E-state index is 12.0. The normalized spacial score (nSPS) is 12.4. The molecule has 0 aliphatic heterocycles. The Morgan fingerprint density at radius 3 is 2.65 bits per heavy atom. The molecule has 88 valence electrons. The first-order valence-electron chi connectivity index (χ1n) is 5.50. The third kappa shape index (κ3) is 2.60. The van der Waals surface area contributed by atoms with Gasteiger partial charge in [0.2, 0.25) is 0 Å². The van der Waals surface area contributed by atoms with E-state index in [1.807, 2.05) is 30.3 Å². The molecule has 0 spiro atoms. The predicted molar refractivity (Wildman–Crippen MR) is 65.7 cm³/mol. The molecule has 0 fully saturated rings. The Balaban J connectivity index is 2.09. The Morgan fingerprint density at radius 1 is 1.35 bits per heavy atom. The third-order valence-electron chi connectivity index (χ3n) is 2.71. The highest BCUT2D eigenvalue weighted by molar-refractivity contribution is 5.98. The van der Waals surface area contributed by atoms with Gasteiger partial charge in [-0.2, -0.15) is 5.10 Å². The second-order valence-corrected chi connectivity index (χ2v) is 4.00. The monoisotopic (exact) mass is 229 g/mol. The maximum atomic E-state index is 12.0. The lowest BCUT2D eigenvalue weighted by molar-refractivity contribution is 0.0951. The molecular formula is C13H15N3O. The van der Waals surface area contributed by atoms with Crippen molar-refractivity contribution < 1.29 is 4.79 Å². The zero-order valence-corrected chi connectivity index (χ0v) is 9.71. The Hall–Kier alpha value is -1.94. The van der Waals surface area contributed by atoms with Gasteiger partial charge in [0.25, 0.3) is 0 Å². The van der Waals surface area contributed by atoms with Crippen LogP contribution in [-0.4, -0.2) is 21.6 Å². The molecule has 2 rings (SSSR count). The minimum atomic E-state index is -0.521. The summed E-state index contributed by atoms with van der Waals surface area (Å²) in [6, 6.07) is 10.9. The van der Waals surface area contributed by atoms with Crippen molar-refractivity contribution in [2.75, 3.05) is 0 Å². The van der Waals surface area contributed by atoms with Gasteiger partial charge in [-0.1, -0.05) is 30.3 Å². The van der Waals surface area contributed by atoms with Crippen LogP contribution in [0, 0.1) is 0 Å². The summed E-state index contributed by atoms with van der Waals surface area (Å²) in [4.78, 5) is 12.0. The van der Waals surface area contributed by atoms with Gasteiger partial charge in [-0.05, 0) is 18.1 Å². The molecule has 1 heterocycles. The number of hydrogen-bond donors (Lipinski definition) is 1. The SMILES string of the molecule is Cn1nccc1C(=O)C(N)Cc1ccccc1. The standard InChI is InChI=1S/C13H15N3O/c1-16-12(7-8-15-16)13(17)11(14)9-10-5-3-2-4-6-10/h2-8,11H,9,14H2,1H3. The average molecular weight is 229 g/mol. The minimum absolute atomic E-state index is 0.0751. The zero-order valence-electron chi connectivity index (χ0n) is 9.71. The molecule has 4 heteroatoms. The minimum Gasteiger partial charge on any atom is -0.321 e. The molecule has 1 atom stereocenters. The largest absolute Gasteiger partial charge is 0.321 e. The first-order valence-corrected chi connectivity index (χ1v) is 5.50. The molecule has 0 bridgehead atoms. The van der Waals surface area contributed by atoms with Crippen molar-refractivity contribution >= 4 is 5.78 Å². The molecule has 0 amide bonds. The van der Waals surface area contributed by atoms with E-state index in [2.05, 4.69) is 5.10 Å². The zero-order chi connectivity index (χ0) is 12.3. The van der Waals surface area contributed by atoms with E-state index >= 15 is 0 Å². The fraction of sp³-hybridized carbons (Fsp3) is 0.231. The van der Waals surface area contributed by atoms with Crippen molar-refractivity contribution in [1.29, 1.82) is 0 Å². The van der Waals surface area contributed by atoms with Crippen LogP contribution in [0.2, 0.25) is 0 Å². The second kappa shape index (κ2) is 4.93. The van der Waals surface area contributed by atoms with Crippen LogP contribution in [0.25, 0.3) is 0 Å². The molecule has 17 heavy (non-hydrogen) atoms. The van der Waals surface area contributed by atoms with Gasteiger partial charge in [0.15, 0.2) is 5.78 Å². The molecule has 2 aromatic rings. The molecule has 1 unspecified atom stereocenters. The summed E-state index contributed by atoms with van der Waals surface area (Å²) < 4.78 is 1.55. The number of ketones is 1. The van der Waals surface area contributed by atoms with E-state index in [0.29, 0.717) is 12.1 Å². The van der Waals surface area contributed by atoms with Crippen LogP contribution < -0.4 is 5.73 Å². The number of hydrogen-bond acceptors (Lipinski definition) is 3. The summed E-state index contributed by atoms with van der Waals surface area (Å²) in [5.41, 5.74) is 7.53. The second-order valence-electron chi connectivity index (χ2n) is 4.00. The molecule has 0 radical (unpaired) electrons. The Kier molecular flexibility index (Phi) is 3.35. The van der Waals surface area contributed by atoms with Crippen LogP contribution in [0.5, 0.6) is 0 Å². The van der Waals surface area contributed by atoms with Crippen molar-refractivity contribution in [1.82, 2.24) is 9.78 Å². The van der Waals surface area contributed by atoms with Crippen LogP contribution in [0.4, 0.5) is 0 Å². The highest BCUT2D eigenvalue weighted by Crippen LogP contribution is 2.07. The van der Waals surface area contributed by atoms with Gasteiger partial charge >= 0.3 is 0 Å². The molecule has 0 aliphatic carbocycles. The molecule has 1 aromatic carbocycles. The Morgan fingerprint density at radius 2 is 2.06 bits per heavy atom. The van der Waals surface area contributed by atoms with Crippen LogP contribution >= 0.6 is 0 Å². The summed E-state index contributed by atoms with van der Waals surface area (Å²) in [5.74, 6) is -0.0751. The number of Topliss-reactive ketones (excluding diaryl/α,β-unsaturated/α-hetero) is 1. The van der Waals surface area contributed by atoms with Crippen molar-refractivity contribution in [3.05, 3.63) is 53.9 Å². The lowest BCUT2D eigenvalue weighted by atomic mass is 10.0. The molecule has 2 N–H and O–H groups in total. The van der Waals surface area contributed by atoms with Gasteiger partial charge in [0.05, 0.1) is 6.04 Å². The summed E-state index contributed by atoms with van der Waals surface area (Å²) >= 11 is 0. The number of aryl methyl sites for hydroxylation is 1. The smallest absolute Gasteiger partial charge is 0.197 e. The number of carbonyl (C=O) groups is 1. The van der Waals surface area contributed by atoms with Crippen LogP contribution in [0.15, 0.2) is 42.6 Å². The third-order valence-corrected chi connectivity index (χ3v) is 2.71. The van der Waals surface area contributed by atoms with Crippen molar-refractivity contribution in [2.45, 2.75) is 12.5 Å². The van der Waals surface area contributed by atoms with Gasteiger partial charge in [-0.25, -0.2) is 0 Å². The Bertz CT molecular complexity index is 504. The Labute approximate surface area is 100 Å². The summed E-state index contributed by atoms with van der Waals surface area (Å²) in [5, 5.41) is 3.97. The molecule has 0 saturated carbocycles. The van der Waals surface area contributed by atoms with Crippen molar-refractivity contribution in [3.8, 4) is 0 Å².